The van der Waals surface area contributed by atoms with Gasteiger partial charge in [0.25, 0.3) is 0 Å². The number of nitrogens with one attached hydrogen (secondary N) is 1. The quantitative estimate of drug-likeness (QED) is 0.489. The summed E-state index contributed by atoms with van der Waals surface area (Å²) in [6.07, 6.45) is 5.01. The third-order valence-electron chi connectivity index (χ3n) is 4.39. The summed E-state index contributed by atoms with van der Waals surface area (Å²) in [5.74, 6) is 0.313. The number of aromatic nitrogens is 4. The molecule has 0 unspecified atom stereocenters. The van der Waals surface area contributed by atoms with Crippen LogP contribution in [0.3, 0.4) is 0 Å². The molecule has 3 N–H and O–H groups in total. The monoisotopic (exact) mass is 440 g/mol. The van der Waals surface area contributed by atoms with Gasteiger partial charge in [-0.3, -0.25) is 0 Å². The summed E-state index contributed by atoms with van der Waals surface area (Å²) in [6, 6.07) is 14.2. The van der Waals surface area contributed by atoms with Gasteiger partial charge in [-0.2, -0.15) is 5.10 Å². The maximum Gasteiger partial charge on any atom is 0.238 e. The van der Waals surface area contributed by atoms with Crippen molar-refractivity contribution in [1.29, 1.82) is 0 Å². The molecule has 0 radical (unpaired) electrons. The van der Waals surface area contributed by atoms with Crippen molar-refractivity contribution in [3.05, 3.63) is 77.7 Å². The van der Waals surface area contributed by atoms with Gasteiger partial charge >= 0.3 is 0 Å². The van der Waals surface area contributed by atoms with E-state index in [4.69, 9.17) is 16.7 Å². The van der Waals surface area contributed by atoms with Gasteiger partial charge in [-0.15, -0.1) is 0 Å². The van der Waals surface area contributed by atoms with Crippen LogP contribution in [0.1, 0.15) is 5.56 Å². The van der Waals surface area contributed by atoms with Gasteiger partial charge in [0.05, 0.1) is 33.7 Å². The lowest BCUT2D eigenvalue weighted by Gasteiger charge is -2.10. The lowest BCUT2D eigenvalue weighted by Crippen LogP contribution is -2.12. The number of aryl methyl sites for hydroxylation is 1. The molecule has 0 amide bonds. The fraction of sp³-hybridized carbons (Fsp3) is 0.0500. The molecule has 0 aliphatic carbocycles. The molecule has 152 valence electrons. The largest absolute Gasteiger partial charge is 0.324 e. The third-order valence-corrected chi connectivity index (χ3v) is 5.58. The fourth-order valence-corrected chi connectivity index (χ4v) is 3.67. The molecule has 0 spiro atoms. The first kappa shape index (κ1) is 20.0. The molecule has 8 nitrogen and oxygen atoms in total. The number of sulfonamides is 1. The van der Waals surface area contributed by atoms with Crippen LogP contribution in [0.4, 0.5) is 11.6 Å². The van der Waals surface area contributed by atoms with Gasteiger partial charge in [0.2, 0.25) is 16.0 Å². The van der Waals surface area contributed by atoms with Crippen molar-refractivity contribution in [2.45, 2.75) is 11.8 Å². The lowest BCUT2D eigenvalue weighted by molar-refractivity contribution is 0.597. The average molecular weight is 441 g/mol. The Labute approximate surface area is 178 Å². The molecule has 10 heteroatoms. The van der Waals surface area contributed by atoms with Crippen molar-refractivity contribution < 1.29 is 8.42 Å². The van der Waals surface area contributed by atoms with E-state index in [1.807, 2.05) is 36.5 Å². The topological polar surface area (TPSA) is 116 Å². The number of anilines is 2. The fourth-order valence-electron chi connectivity index (χ4n) is 2.87. The number of nitrogens with zero attached hydrogens (tertiary/aromatic N) is 4. The van der Waals surface area contributed by atoms with Crippen LogP contribution in [0.15, 0.2) is 72.0 Å². The summed E-state index contributed by atoms with van der Waals surface area (Å²) in [4.78, 5) is 8.76. The Morgan fingerprint density at radius 2 is 1.87 bits per heavy atom. The predicted octanol–water partition coefficient (Wildman–Crippen LogP) is 3.68. The Bertz CT molecular complexity index is 1320. The van der Waals surface area contributed by atoms with Crippen LogP contribution in [0.5, 0.6) is 0 Å². The minimum absolute atomic E-state index is 0.0385. The molecule has 4 aromatic rings. The van der Waals surface area contributed by atoms with E-state index in [9.17, 15) is 8.42 Å². The van der Waals surface area contributed by atoms with Gasteiger partial charge in [-0.05, 0) is 42.8 Å². The van der Waals surface area contributed by atoms with Gasteiger partial charge in [0.15, 0.2) is 0 Å². The van der Waals surface area contributed by atoms with Crippen molar-refractivity contribution in [3.63, 3.8) is 0 Å². The molecule has 0 fully saturated rings. The molecular formula is C20H17ClN6O2S. The zero-order chi connectivity index (χ0) is 21.3. The molecule has 0 atom stereocenters. The number of para-hydroxylation sites is 1. The smallest absolute Gasteiger partial charge is 0.238 e. The molecule has 0 saturated carbocycles. The number of rotatable bonds is 5. The second kappa shape index (κ2) is 7.86. The van der Waals surface area contributed by atoms with E-state index in [0.717, 1.165) is 11.3 Å². The predicted molar refractivity (Wildman–Crippen MR) is 115 cm³/mol. The molecule has 2 aromatic carbocycles. The van der Waals surface area contributed by atoms with Crippen LogP contribution < -0.4 is 10.5 Å². The molecule has 0 bridgehead atoms. The standard InChI is InChI=1S/C20H17ClN6O2S/c1-13-9-16(30(22,28)29)7-8-18(13)25-20-23-11-17(21)19(26-20)14-10-24-27(12-14)15-5-3-2-4-6-15/h2-12H,1H3,(H2,22,28,29)(H,23,25,26). The number of hydrogen-bond acceptors (Lipinski definition) is 6. The normalized spacial score (nSPS) is 11.4. The number of hydrogen-bond donors (Lipinski definition) is 2. The van der Waals surface area contributed by atoms with Crippen molar-refractivity contribution in [2.24, 2.45) is 5.14 Å². The molecule has 0 saturated heterocycles. The van der Waals surface area contributed by atoms with E-state index in [-0.39, 0.29) is 4.90 Å². The maximum atomic E-state index is 11.5. The van der Waals surface area contributed by atoms with Crippen LogP contribution in [0.25, 0.3) is 16.9 Å². The highest BCUT2D eigenvalue weighted by molar-refractivity contribution is 7.89. The van der Waals surface area contributed by atoms with Crippen molar-refractivity contribution in [1.82, 2.24) is 19.7 Å². The summed E-state index contributed by atoms with van der Waals surface area (Å²) in [6.45, 7) is 1.76. The van der Waals surface area contributed by atoms with Crippen LogP contribution in [-0.2, 0) is 10.0 Å². The molecule has 2 heterocycles. The van der Waals surface area contributed by atoms with Gasteiger partial charge in [0.1, 0.15) is 0 Å². The molecule has 2 aromatic heterocycles. The van der Waals surface area contributed by atoms with Crippen LogP contribution in [0, 0.1) is 6.92 Å². The zero-order valence-electron chi connectivity index (χ0n) is 15.8. The van der Waals surface area contributed by atoms with Crippen LogP contribution in [0.2, 0.25) is 5.02 Å². The lowest BCUT2D eigenvalue weighted by atomic mass is 10.2. The first-order chi connectivity index (χ1) is 14.3. The van der Waals surface area contributed by atoms with Gasteiger partial charge in [0, 0.05) is 17.4 Å². The summed E-state index contributed by atoms with van der Waals surface area (Å²) in [5.41, 5.74) is 3.50. The summed E-state index contributed by atoms with van der Waals surface area (Å²) < 4.78 is 24.7. The summed E-state index contributed by atoms with van der Waals surface area (Å²) in [5, 5.41) is 13.0. The van der Waals surface area contributed by atoms with Gasteiger partial charge < -0.3 is 5.32 Å². The number of halogens is 1. The van der Waals surface area contributed by atoms with E-state index in [1.54, 1.807) is 23.9 Å². The molecular weight excluding hydrogens is 424 g/mol. The number of primary sulfonamides is 1. The number of benzene rings is 2. The van der Waals surface area contributed by atoms with Crippen molar-refractivity contribution in [2.75, 3.05) is 5.32 Å². The Morgan fingerprint density at radius 1 is 1.10 bits per heavy atom. The summed E-state index contributed by atoms with van der Waals surface area (Å²) >= 11 is 6.32. The summed E-state index contributed by atoms with van der Waals surface area (Å²) in [7, 11) is -3.77. The Hall–Kier alpha value is -3.27. The van der Waals surface area contributed by atoms with Crippen LogP contribution >= 0.6 is 11.6 Å². The van der Waals surface area contributed by atoms with Crippen LogP contribution in [-0.4, -0.2) is 28.2 Å². The second-order valence-corrected chi connectivity index (χ2v) is 8.51. The first-order valence-corrected chi connectivity index (χ1v) is 10.8. The highest BCUT2D eigenvalue weighted by Gasteiger charge is 2.13. The van der Waals surface area contributed by atoms with E-state index in [1.165, 1.54) is 18.3 Å². The van der Waals surface area contributed by atoms with E-state index < -0.39 is 10.0 Å². The van der Waals surface area contributed by atoms with Crippen molar-refractivity contribution in [3.8, 4) is 16.9 Å². The highest BCUT2D eigenvalue weighted by atomic mass is 35.5. The highest BCUT2D eigenvalue weighted by Crippen LogP contribution is 2.28. The van der Waals surface area contributed by atoms with E-state index in [0.29, 0.717) is 27.9 Å². The zero-order valence-corrected chi connectivity index (χ0v) is 17.4. The maximum absolute atomic E-state index is 11.5. The Kier molecular flexibility index (Phi) is 5.25. The first-order valence-electron chi connectivity index (χ1n) is 8.85. The van der Waals surface area contributed by atoms with E-state index >= 15 is 0 Å². The molecule has 0 aliphatic rings. The molecule has 30 heavy (non-hydrogen) atoms. The molecule has 0 aliphatic heterocycles. The van der Waals surface area contributed by atoms with Crippen molar-refractivity contribution >= 4 is 33.3 Å². The minimum atomic E-state index is -3.77. The molecule has 4 rings (SSSR count). The minimum Gasteiger partial charge on any atom is -0.324 e. The SMILES string of the molecule is Cc1cc(S(N)(=O)=O)ccc1Nc1ncc(Cl)c(-c2cnn(-c3ccccc3)c2)n1. The third kappa shape index (κ3) is 4.18. The van der Waals surface area contributed by atoms with Gasteiger partial charge in [-0.1, -0.05) is 29.8 Å². The van der Waals surface area contributed by atoms with Gasteiger partial charge in [-0.25, -0.2) is 28.2 Å². The second-order valence-electron chi connectivity index (χ2n) is 6.55. The number of nitrogens with two attached hydrogens (primary N) is 1. The Morgan fingerprint density at radius 3 is 2.57 bits per heavy atom. The average Bonchev–Trinajstić information content (AvgIpc) is 3.21. The van der Waals surface area contributed by atoms with E-state index in [2.05, 4.69) is 20.4 Å². The Balaban J connectivity index is 1.64.